The van der Waals surface area contributed by atoms with Crippen LogP contribution in [0.5, 0.6) is 0 Å². The summed E-state index contributed by atoms with van der Waals surface area (Å²) >= 11 is 0. The Morgan fingerprint density at radius 2 is 2.17 bits per heavy atom. The third-order valence-corrected chi connectivity index (χ3v) is 2.63. The minimum absolute atomic E-state index is 0.253. The molecule has 0 aliphatic carbocycles. The summed E-state index contributed by atoms with van der Waals surface area (Å²) in [5.41, 5.74) is 7.42. The summed E-state index contributed by atoms with van der Waals surface area (Å²) in [6.07, 6.45) is 1.48. The van der Waals surface area contributed by atoms with Gasteiger partial charge in [0.2, 0.25) is 0 Å². The number of rotatable bonds is 2. The highest BCUT2D eigenvalue weighted by atomic mass is 19.1. The van der Waals surface area contributed by atoms with Crippen molar-refractivity contribution >= 4 is 17.2 Å². The summed E-state index contributed by atoms with van der Waals surface area (Å²) in [5.74, 6) is 0.0396. The number of hydrogen-bond donors (Lipinski definition) is 2. The van der Waals surface area contributed by atoms with Crippen LogP contribution in [0.3, 0.4) is 0 Å². The molecular weight excluding hydrogens is 231 g/mol. The van der Waals surface area contributed by atoms with Gasteiger partial charge in [-0.15, -0.1) is 0 Å². The first-order valence-corrected chi connectivity index (χ1v) is 5.30. The number of nitrogens with zero attached hydrogens (tertiary/aromatic N) is 2. The van der Waals surface area contributed by atoms with Crippen LogP contribution in [0, 0.1) is 24.1 Å². The van der Waals surface area contributed by atoms with Gasteiger partial charge in [-0.1, -0.05) is 6.07 Å². The third kappa shape index (κ3) is 2.09. The van der Waals surface area contributed by atoms with E-state index in [-0.39, 0.29) is 11.5 Å². The number of nitriles is 1. The lowest BCUT2D eigenvalue weighted by atomic mass is 10.2. The number of halogens is 1. The van der Waals surface area contributed by atoms with E-state index in [1.807, 2.05) is 6.07 Å². The highest BCUT2D eigenvalue weighted by Crippen LogP contribution is 2.26. The zero-order valence-electron chi connectivity index (χ0n) is 9.74. The second kappa shape index (κ2) is 4.72. The van der Waals surface area contributed by atoms with Gasteiger partial charge in [-0.05, 0) is 25.1 Å². The molecule has 1 aromatic carbocycles. The van der Waals surface area contributed by atoms with Crippen LogP contribution in [0.15, 0.2) is 30.5 Å². The predicted octanol–water partition coefficient (Wildman–Crippen LogP) is 2.73. The third-order valence-electron chi connectivity index (χ3n) is 2.63. The Hall–Kier alpha value is -2.61. The maximum absolute atomic E-state index is 13.4. The van der Waals surface area contributed by atoms with Gasteiger partial charge in [0.05, 0.1) is 11.3 Å². The Kier molecular flexibility index (Phi) is 3.11. The van der Waals surface area contributed by atoms with E-state index in [1.165, 1.54) is 18.3 Å². The molecule has 0 fully saturated rings. The van der Waals surface area contributed by atoms with Crippen molar-refractivity contribution in [3.63, 3.8) is 0 Å². The first kappa shape index (κ1) is 11.9. The van der Waals surface area contributed by atoms with Gasteiger partial charge in [0.1, 0.15) is 11.9 Å². The predicted molar refractivity (Wildman–Crippen MR) is 67.8 cm³/mol. The zero-order valence-corrected chi connectivity index (χ0v) is 9.74. The molecular formula is C13H11FN4. The quantitative estimate of drug-likeness (QED) is 0.849. The zero-order chi connectivity index (χ0) is 13.1. The molecule has 5 heteroatoms. The van der Waals surface area contributed by atoms with Gasteiger partial charge in [0.25, 0.3) is 0 Å². The van der Waals surface area contributed by atoms with Crippen molar-refractivity contribution in [3.8, 4) is 6.07 Å². The SMILES string of the molecule is Cc1c(F)cccc1Nc1nccc(C#N)c1N. The number of benzene rings is 1. The summed E-state index contributed by atoms with van der Waals surface area (Å²) in [7, 11) is 0. The monoisotopic (exact) mass is 242 g/mol. The van der Waals surface area contributed by atoms with Crippen LogP contribution in [0.25, 0.3) is 0 Å². The molecule has 2 aromatic rings. The van der Waals surface area contributed by atoms with E-state index >= 15 is 0 Å². The average Bonchev–Trinajstić information content (AvgIpc) is 2.37. The van der Waals surface area contributed by atoms with Crippen molar-refractivity contribution < 1.29 is 4.39 Å². The summed E-state index contributed by atoms with van der Waals surface area (Å²) in [5, 5.41) is 11.8. The Morgan fingerprint density at radius 1 is 1.39 bits per heavy atom. The number of aromatic nitrogens is 1. The molecule has 2 rings (SSSR count). The first-order valence-electron chi connectivity index (χ1n) is 5.30. The van der Waals surface area contributed by atoms with Crippen LogP contribution in [-0.4, -0.2) is 4.98 Å². The Bertz CT molecular complexity index is 631. The van der Waals surface area contributed by atoms with E-state index in [2.05, 4.69) is 10.3 Å². The van der Waals surface area contributed by atoms with Crippen molar-refractivity contribution in [3.05, 3.63) is 47.4 Å². The number of hydrogen-bond acceptors (Lipinski definition) is 4. The molecule has 0 spiro atoms. The topological polar surface area (TPSA) is 74.7 Å². The fraction of sp³-hybridized carbons (Fsp3) is 0.0769. The van der Waals surface area contributed by atoms with Gasteiger partial charge < -0.3 is 11.1 Å². The van der Waals surface area contributed by atoms with Crippen molar-refractivity contribution in [2.24, 2.45) is 0 Å². The summed E-state index contributed by atoms with van der Waals surface area (Å²) in [6, 6.07) is 8.19. The maximum atomic E-state index is 13.4. The first-order chi connectivity index (χ1) is 8.63. The molecule has 0 atom stereocenters. The van der Waals surface area contributed by atoms with Crippen molar-refractivity contribution in [2.45, 2.75) is 6.92 Å². The van der Waals surface area contributed by atoms with Gasteiger partial charge in [-0.25, -0.2) is 9.37 Å². The van der Waals surface area contributed by atoms with Crippen LogP contribution in [0.1, 0.15) is 11.1 Å². The highest BCUT2D eigenvalue weighted by Gasteiger charge is 2.09. The minimum Gasteiger partial charge on any atom is -0.395 e. The Labute approximate surface area is 104 Å². The minimum atomic E-state index is -0.310. The van der Waals surface area contributed by atoms with Gasteiger partial charge in [-0.2, -0.15) is 5.26 Å². The number of pyridine rings is 1. The Morgan fingerprint density at radius 3 is 2.89 bits per heavy atom. The standard InChI is InChI=1S/C13H11FN4/c1-8-10(14)3-2-4-11(8)18-13-12(16)9(7-15)5-6-17-13/h2-6H,16H2,1H3,(H,17,18). The summed E-state index contributed by atoms with van der Waals surface area (Å²) in [6.45, 7) is 1.65. The van der Waals surface area contributed by atoms with Crippen LogP contribution >= 0.6 is 0 Å². The molecule has 0 amide bonds. The van der Waals surface area contributed by atoms with Crippen LogP contribution in [0.2, 0.25) is 0 Å². The number of nitrogens with one attached hydrogen (secondary N) is 1. The van der Waals surface area contributed by atoms with Crippen LogP contribution in [0.4, 0.5) is 21.6 Å². The van der Waals surface area contributed by atoms with Gasteiger partial charge in [0, 0.05) is 17.4 Å². The largest absolute Gasteiger partial charge is 0.395 e. The van der Waals surface area contributed by atoms with Crippen molar-refractivity contribution in [2.75, 3.05) is 11.1 Å². The van der Waals surface area contributed by atoms with E-state index in [9.17, 15) is 4.39 Å². The molecule has 0 saturated heterocycles. The van der Waals surface area contributed by atoms with Gasteiger partial charge >= 0.3 is 0 Å². The van der Waals surface area contributed by atoms with Crippen LogP contribution in [-0.2, 0) is 0 Å². The van der Waals surface area contributed by atoms with Crippen molar-refractivity contribution in [1.29, 1.82) is 5.26 Å². The fourth-order valence-corrected chi connectivity index (χ4v) is 1.54. The normalized spacial score (nSPS) is 9.83. The smallest absolute Gasteiger partial charge is 0.154 e. The van der Waals surface area contributed by atoms with E-state index in [0.717, 1.165) is 0 Å². The summed E-state index contributed by atoms with van der Waals surface area (Å²) < 4.78 is 13.4. The summed E-state index contributed by atoms with van der Waals surface area (Å²) in [4.78, 5) is 4.04. The molecule has 0 unspecified atom stereocenters. The van der Waals surface area contributed by atoms with Gasteiger partial charge in [0.15, 0.2) is 5.82 Å². The molecule has 0 bridgehead atoms. The lowest BCUT2D eigenvalue weighted by molar-refractivity contribution is 0.619. The molecule has 4 nitrogen and oxygen atoms in total. The lowest BCUT2D eigenvalue weighted by Crippen LogP contribution is -2.02. The molecule has 0 aliphatic rings. The fourth-order valence-electron chi connectivity index (χ4n) is 1.54. The molecule has 18 heavy (non-hydrogen) atoms. The van der Waals surface area contributed by atoms with E-state index in [0.29, 0.717) is 22.6 Å². The van der Waals surface area contributed by atoms with E-state index < -0.39 is 0 Å². The van der Waals surface area contributed by atoms with Crippen molar-refractivity contribution in [1.82, 2.24) is 4.98 Å². The maximum Gasteiger partial charge on any atom is 0.154 e. The Balaban J connectivity index is 2.41. The average molecular weight is 242 g/mol. The van der Waals surface area contributed by atoms with Crippen LogP contribution < -0.4 is 11.1 Å². The second-order valence-electron chi connectivity index (χ2n) is 3.77. The molecule has 3 N–H and O–H groups in total. The number of anilines is 3. The second-order valence-corrected chi connectivity index (χ2v) is 3.77. The lowest BCUT2D eigenvalue weighted by Gasteiger charge is -2.11. The molecule has 0 saturated carbocycles. The molecule has 0 aliphatic heterocycles. The van der Waals surface area contributed by atoms with Gasteiger partial charge in [-0.3, -0.25) is 0 Å². The highest BCUT2D eigenvalue weighted by molar-refractivity contribution is 5.74. The van der Waals surface area contributed by atoms with E-state index in [4.69, 9.17) is 11.0 Å². The number of nitrogens with two attached hydrogens (primary N) is 1. The molecule has 90 valence electrons. The molecule has 1 aromatic heterocycles. The molecule has 1 heterocycles. The van der Waals surface area contributed by atoms with E-state index in [1.54, 1.807) is 19.1 Å². The molecule has 0 radical (unpaired) electrons. The number of nitrogen functional groups attached to an aromatic ring is 1.